The highest BCUT2D eigenvalue weighted by Crippen LogP contribution is 2.37. The Hall–Kier alpha value is -2.07. The summed E-state index contributed by atoms with van der Waals surface area (Å²) in [6, 6.07) is 17.2. The minimum Gasteiger partial charge on any atom is -0.493 e. The van der Waals surface area contributed by atoms with Crippen LogP contribution in [0.3, 0.4) is 0 Å². The lowest BCUT2D eigenvalue weighted by atomic mass is 10.1. The Labute approximate surface area is 180 Å². The summed E-state index contributed by atoms with van der Waals surface area (Å²) in [7, 11) is 1.60. The van der Waals surface area contributed by atoms with Crippen molar-refractivity contribution in [3.8, 4) is 11.5 Å². The van der Waals surface area contributed by atoms with Gasteiger partial charge in [-0.15, -0.1) is 0 Å². The molecule has 3 rings (SSSR count). The van der Waals surface area contributed by atoms with Crippen LogP contribution in [0.5, 0.6) is 11.5 Å². The second kappa shape index (κ2) is 9.42. The zero-order chi connectivity index (χ0) is 20.1. The van der Waals surface area contributed by atoms with Crippen molar-refractivity contribution in [2.24, 2.45) is 0 Å². The smallest absolute Gasteiger partial charge is 0.180 e. The maximum Gasteiger partial charge on any atom is 0.180 e. The van der Waals surface area contributed by atoms with Crippen LogP contribution in [0.25, 0.3) is 0 Å². The number of aryl methyl sites for hydroxylation is 1. The van der Waals surface area contributed by atoms with Gasteiger partial charge in [0.15, 0.2) is 11.5 Å². The Bertz CT molecular complexity index is 976. The van der Waals surface area contributed by atoms with E-state index in [1.54, 1.807) is 19.2 Å². The maximum atomic E-state index is 6.47. The summed E-state index contributed by atoms with van der Waals surface area (Å²) in [5.74, 6) is 1.11. The van der Waals surface area contributed by atoms with E-state index in [0.29, 0.717) is 39.7 Å². The van der Waals surface area contributed by atoms with E-state index in [0.717, 1.165) is 16.8 Å². The molecule has 0 heterocycles. The highest BCUT2D eigenvalue weighted by molar-refractivity contribution is 6.36. The Morgan fingerprint density at radius 2 is 1.71 bits per heavy atom. The molecule has 3 aromatic carbocycles. The Kier molecular flexibility index (Phi) is 6.95. The van der Waals surface area contributed by atoms with Crippen molar-refractivity contribution >= 4 is 40.5 Å². The van der Waals surface area contributed by atoms with Gasteiger partial charge in [0.1, 0.15) is 6.61 Å². The van der Waals surface area contributed by atoms with Gasteiger partial charge in [0.25, 0.3) is 0 Å². The molecule has 0 saturated carbocycles. The van der Waals surface area contributed by atoms with Crippen LogP contribution in [0.2, 0.25) is 15.1 Å². The lowest BCUT2D eigenvalue weighted by Gasteiger charge is -2.15. The number of benzene rings is 3. The molecule has 0 aromatic heterocycles. The summed E-state index contributed by atoms with van der Waals surface area (Å²) in [5, 5.41) is 4.92. The first kappa shape index (κ1) is 20.7. The van der Waals surface area contributed by atoms with E-state index in [-0.39, 0.29) is 0 Å². The van der Waals surface area contributed by atoms with Gasteiger partial charge in [0.2, 0.25) is 0 Å². The minimum atomic E-state index is 0.412. The number of anilines is 1. The third kappa shape index (κ3) is 5.26. The Morgan fingerprint density at radius 3 is 2.43 bits per heavy atom. The number of hydrogen-bond acceptors (Lipinski definition) is 3. The van der Waals surface area contributed by atoms with Crippen LogP contribution in [0.1, 0.15) is 16.7 Å². The summed E-state index contributed by atoms with van der Waals surface area (Å²) >= 11 is 18.6. The largest absolute Gasteiger partial charge is 0.493 e. The molecule has 0 atom stereocenters. The van der Waals surface area contributed by atoms with Gasteiger partial charge in [-0.25, -0.2) is 0 Å². The van der Waals surface area contributed by atoms with E-state index in [1.807, 2.05) is 43.3 Å². The molecule has 0 bridgehead atoms. The molecule has 0 saturated heterocycles. The zero-order valence-corrected chi connectivity index (χ0v) is 17.8. The molecular weight excluding hydrogens is 417 g/mol. The van der Waals surface area contributed by atoms with Crippen molar-refractivity contribution in [2.75, 3.05) is 12.4 Å². The maximum absolute atomic E-state index is 6.47. The van der Waals surface area contributed by atoms with Crippen LogP contribution in [-0.2, 0) is 13.2 Å². The third-order valence-corrected chi connectivity index (χ3v) is 5.00. The highest BCUT2D eigenvalue weighted by atomic mass is 35.5. The molecule has 0 unspecified atom stereocenters. The van der Waals surface area contributed by atoms with Crippen LogP contribution in [-0.4, -0.2) is 7.11 Å². The van der Waals surface area contributed by atoms with E-state index in [1.165, 1.54) is 5.56 Å². The molecule has 28 heavy (non-hydrogen) atoms. The monoisotopic (exact) mass is 435 g/mol. The van der Waals surface area contributed by atoms with Crippen molar-refractivity contribution in [1.29, 1.82) is 0 Å². The molecular formula is C22H20Cl3NO2. The molecule has 0 radical (unpaired) electrons. The van der Waals surface area contributed by atoms with Gasteiger partial charge < -0.3 is 14.8 Å². The molecule has 6 heteroatoms. The van der Waals surface area contributed by atoms with Crippen molar-refractivity contribution in [2.45, 2.75) is 20.1 Å². The fourth-order valence-corrected chi connectivity index (χ4v) is 3.57. The molecule has 1 N–H and O–H groups in total. The quantitative estimate of drug-likeness (QED) is 0.426. The lowest BCUT2D eigenvalue weighted by Crippen LogP contribution is -2.03. The highest BCUT2D eigenvalue weighted by Gasteiger charge is 2.13. The van der Waals surface area contributed by atoms with Gasteiger partial charge in [-0.05, 0) is 48.4 Å². The van der Waals surface area contributed by atoms with Crippen LogP contribution in [0.15, 0.2) is 54.6 Å². The van der Waals surface area contributed by atoms with Gasteiger partial charge in [0, 0.05) is 11.6 Å². The zero-order valence-electron chi connectivity index (χ0n) is 15.6. The van der Waals surface area contributed by atoms with Gasteiger partial charge in [0.05, 0.1) is 22.8 Å². The number of halogens is 3. The van der Waals surface area contributed by atoms with E-state index in [9.17, 15) is 0 Å². The molecule has 0 aliphatic rings. The molecule has 0 spiro atoms. The van der Waals surface area contributed by atoms with Gasteiger partial charge in [-0.1, -0.05) is 64.6 Å². The van der Waals surface area contributed by atoms with Crippen molar-refractivity contribution in [3.63, 3.8) is 0 Å². The fraction of sp³-hybridized carbons (Fsp3) is 0.182. The molecule has 3 nitrogen and oxygen atoms in total. The molecule has 3 aromatic rings. The summed E-state index contributed by atoms with van der Waals surface area (Å²) in [6.07, 6.45) is 0. The third-order valence-electron chi connectivity index (χ3n) is 4.17. The van der Waals surface area contributed by atoms with Gasteiger partial charge in [-0.2, -0.15) is 0 Å². The normalized spacial score (nSPS) is 10.6. The number of ether oxygens (including phenoxy) is 2. The summed E-state index contributed by atoms with van der Waals surface area (Å²) in [4.78, 5) is 0. The average molecular weight is 437 g/mol. The Morgan fingerprint density at radius 1 is 0.893 bits per heavy atom. The molecule has 0 fully saturated rings. The van der Waals surface area contributed by atoms with Crippen LogP contribution in [0, 0.1) is 6.92 Å². The van der Waals surface area contributed by atoms with Crippen molar-refractivity contribution < 1.29 is 9.47 Å². The molecule has 0 aliphatic carbocycles. The van der Waals surface area contributed by atoms with E-state index in [2.05, 4.69) is 11.4 Å². The van der Waals surface area contributed by atoms with Crippen LogP contribution in [0.4, 0.5) is 5.69 Å². The van der Waals surface area contributed by atoms with E-state index in [4.69, 9.17) is 44.3 Å². The number of hydrogen-bond donors (Lipinski definition) is 1. The standard InChI is InChI=1S/C22H20Cl3NO2/c1-14-4-3-5-15(8-14)13-28-22-19(25)9-16(10-21(22)27-2)12-26-20-7-6-17(23)11-18(20)24/h3-11,26H,12-13H2,1-2H3. The number of nitrogens with one attached hydrogen (secondary N) is 1. The molecule has 0 aliphatic heterocycles. The van der Waals surface area contributed by atoms with Gasteiger partial charge >= 0.3 is 0 Å². The van der Waals surface area contributed by atoms with Gasteiger partial charge in [-0.3, -0.25) is 0 Å². The number of methoxy groups -OCH3 is 1. The van der Waals surface area contributed by atoms with Crippen molar-refractivity contribution in [1.82, 2.24) is 0 Å². The van der Waals surface area contributed by atoms with Crippen molar-refractivity contribution in [3.05, 3.63) is 86.4 Å². The van der Waals surface area contributed by atoms with E-state index >= 15 is 0 Å². The first-order valence-electron chi connectivity index (χ1n) is 8.70. The molecule has 0 amide bonds. The average Bonchev–Trinajstić information content (AvgIpc) is 2.66. The second-order valence-electron chi connectivity index (χ2n) is 6.36. The van der Waals surface area contributed by atoms with E-state index < -0.39 is 0 Å². The minimum absolute atomic E-state index is 0.412. The summed E-state index contributed by atoms with van der Waals surface area (Å²) < 4.78 is 11.4. The molecule has 146 valence electrons. The SMILES string of the molecule is COc1cc(CNc2ccc(Cl)cc2Cl)cc(Cl)c1OCc1cccc(C)c1. The lowest BCUT2D eigenvalue weighted by molar-refractivity contribution is 0.284. The first-order valence-corrected chi connectivity index (χ1v) is 9.83. The summed E-state index contributed by atoms with van der Waals surface area (Å²) in [5.41, 5.74) is 3.99. The summed E-state index contributed by atoms with van der Waals surface area (Å²) in [6.45, 7) is 2.98. The predicted molar refractivity (Wildman–Crippen MR) is 117 cm³/mol. The first-order chi connectivity index (χ1) is 13.5. The predicted octanol–water partition coefficient (Wildman–Crippen LogP) is 7.15. The Balaban J connectivity index is 1.73. The second-order valence-corrected chi connectivity index (χ2v) is 7.62. The number of rotatable bonds is 7. The van der Waals surface area contributed by atoms with Crippen LogP contribution < -0.4 is 14.8 Å². The topological polar surface area (TPSA) is 30.5 Å². The fourth-order valence-electron chi connectivity index (χ4n) is 2.80. The van der Waals surface area contributed by atoms with Crippen LogP contribution >= 0.6 is 34.8 Å².